The number of nitrogens with zero attached hydrogens (tertiary/aromatic N) is 1. The van der Waals surface area contributed by atoms with Crippen LogP contribution in [0.5, 0.6) is 0 Å². The van der Waals surface area contributed by atoms with Crippen LogP contribution < -0.4 is 5.32 Å². The number of amides is 1. The largest absolute Gasteiger partial charge is 0.350 e. The van der Waals surface area contributed by atoms with Gasteiger partial charge in [-0.15, -0.1) is 0 Å². The molecule has 0 aliphatic heterocycles. The molecule has 19 heavy (non-hydrogen) atoms. The van der Waals surface area contributed by atoms with E-state index in [1.807, 2.05) is 43.3 Å². The molecule has 0 aliphatic carbocycles. The third-order valence-corrected chi connectivity index (χ3v) is 3.13. The fourth-order valence-electron chi connectivity index (χ4n) is 1.77. The summed E-state index contributed by atoms with van der Waals surface area (Å²) >= 11 is 6.05. The van der Waals surface area contributed by atoms with Crippen LogP contribution in [0.15, 0.2) is 42.5 Å². The minimum atomic E-state index is -0.157. The molecule has 0 atom stereocenters. The van der Waals surface area contributed by atoms with Crippen molar-refractivity contribution >= 4 is 17.5 Å². The molecule has 0 fully saturated rings. The molecule has 0 aliphatic rings. The van der Waals surface area contributed by atoms with Gasteiger partial charge in [0.15, 0.2) is 0 Å². The number of benzene rings is 1. The van der Waals surface area contributed by atoms with Crippen LogP contribution in [-0.2, 0) is 6.42 Å². The predicted octanol–water partition coefficient (Wildman–Crippen LogP) is 3.02. The molecule has 2 rings (SSSR count). The Hall–Kier alpha value is -1.87. The van der Waals surface area contributed by atoms with Gasteiger partial charge in [-0.3, -0.25) is 4.79 Å². The Bertz CT molecular complexity index is 584. The van der Waals surface area contributed by atoms with Gasteiger partial charge in [0.2, 0.25) is 0 Å². The number of halogens is 1. The van der Waals surface area contributed by atoms with Gasteiger partial charge in [-0.1, -0.05) is 35.9 Å². The monoisotopic (exact) mass is 274 g/mol. The van der Waals surface area contributed by atoms with Crippen molar-refractivity contribution in [2.24, 2.45) is 0 Å². The second-order valence-electron chi connectivity index (χ2n) is 4.26. The van der Waals surface area contributed by atoms with Crippen molar-refractivity contribution in [3.05, 3.63) is 64.4 Å². The molecule has 0 saturated heterocycles. The number of hydrogen-bond acceptors (Lipinski definition) is 2. The lowest BCUT2D eigenvalue weighted by molar-refractivity contribution is 0.0949. The molecule has 1 aromatic carbocycles. The Morgan fingerprint density at radius 2 is 2.00 bits per heavy atom. The van der Waals surface area contributed by atoms with Gasteiger partial charge in [0.25, 0.3) is 5.91 Å². The van der Waals surface area contributed by atoms with Crippen molar-refractivity contribution in [2.75, 3.05) is 6.54 Å². The lowest BCUT2D eigenvalue weighted by Crippen LogP contribution is -2.26. The fraction of sp³-hybridized carbons (Fsp3) is 0.200. The van der Waals surface area contributed by atoms with Gasteiger partial charge in [-0.05, 0) is 37.1 Å². The number of pyridine rings is 1. The molecule has 1 aromatic heterocycles. The summed E-state index contributed by atoms with van der Waals surface area (Å²) in [5, 5.41) is 3.57. The molecule has 1 amide bonds. The first-order valence-electron chi connectivity index (χ1n) is 6.12. The Morgan fingerprint density at radius 1 is 1.21 bits per heavy atom. The Labute approximate surface area is 117 Å². The summed E-state index contributed by atoms with van der Waals surface area (Å²) in [5.74, 6) is -0.157. The van der Waals surface area contributed by atoms with Gasteiger partial charge >= 0.3 is 0 Å². The van der Waals surface area contributed by atoms with Gasteiger partial charge in [0.05, 0.1) is 0 Å². The molecule has 0 spiro atoms. The van der Waals surface area contributed by atoms with E-state index in [1.165, 1.54) is 0 Å². The quantitative estimate of drug-likeness (QED) is 0.931. The SMILES string of the molecule is Cc1cccc(C(=O)NCCc2ccccc2Cl)n1. The molecule has 0 saturated carbocycles. The average Bonchev–Trinajstić information content (AvgIpc) is 2.41. The van der Waals surface area contributed by atoms with Crippen LogP contribution in [0.4, 0.5) is 0 Å². The highest BCUT2D eigenvalue weighted by atomic mass is 35.5. The zero-order chi connectivity index (χ0) is 13.7. The Kier molecular flexibility index (Phi) is 4.53. The second kappa shape index (κ2) is 6.34. The molecule has 1 N–H and O–H groups in total. The van der Waals surface area contributed by atoms with E-state index < -0.39 is 0 Å². The van der Waals surface area contributed by atoms with E-state index >= 15 is 0 Å². The maximum absolute atomic E-state index is 11.9. The molecule has 0 bridgehead atoms. The summed E-state index contributed by atoms with van der Waals surface area (Å²) in [5.41, 5.74) is 2.31. The molecule has 1 heterocycles. The van der Waals surface area contributed by atoms with Gasteiger partial charge in [0.1, 0.15) is 5.69 Å². The number of nitrogens with one attached hydrogen (secondary N) is 1. The van der Waals surface area contributed by atoms with E-state index in [0.717, 1.165) is 16.3 Å². The van der Waals surface area contributed by atoms with E-state index in [-0.39, 0.29) is 5.91 Å². The van der Waals surface area contributed by atoms with Gasteiger partial charge in [-0.25, -0.2) is 4.98 Å². The Balaban J connectivity index is 1.90. The first-order chi connectivity index (χ1) is 9.16. The summed E-state index contributed by atoms with van der Waals surface area (Å²) in [7, 11) is 0. The first kappa shape index (κ1) is 13.6. The molecule has 2 aromatic rings. The number of carbonyl (C=O) groups excluding carboxylic acids is 1. The van der Waals surface area contributed by atoms with Crippen molar-refractivity contribution in [2.45, 2.75) is 13.3 Å². The summed E-state index contributed by atoms with van der Waals surface area (Å²) in [6, 6.07) is 13.0. The van der Waals surface area contributed by atoms with Crippen LogP contribution in [0.3, 0.4) is 0 Å². The number of aryl methyl sites for hydroxylation is 1. The highest BCUT2D eigenvalue weighted by Gasteiger charge is 2.06. The van der Waals surface area contributed by atoms with Crippen LogP contribution in [0.2, 0.25) is 5.02 Å². The number of hydrogen-bond donors (Lipinski definition) is 1. The molecular formula is C15H15ClN2O. The lowest BCUT2D eigenvalue weighted by atomic mass is 10.1. The van der Waals surface area contributed by atoms with Crippen LogP contribution in [-0.4, -0.2) is 17.4 Å². The number of aromatic nitrogens is 1. The number of rotatable bonds is 4. The molecule has 0 radical (unpaired) electrons. The van der Waals surface area contributed by atoms with Crippen molar-refractivity contribution in [1.29, 1.82) is 0 Å². The van der Waals surface area contributed by atoms with Gasteiger partial charge in [0, 0.05) is 17.3 Å². The van der Waals surface area contributed by atoms with E-state index in [4.69, 9.17) is 11.6 Å². The van der Waals surface area contributed by atoms with Crippen LogP contribution >= 0.6 is 11.6 Å². The van der Waals surface area contributed by atoms with Crippen molar-refractivity contribution in [3.63, 3.8) is 0 Å². The van der Waals surface area contributed by atoms with Crippen LogP contribution in [0.1, 0.15) is 21.7 Å². The standard InChI is InChI=1S/C15H15ClN2O/c1-11-5-4-8-14(18-11)15(19)17-10-9-12-6-2-3-7-13(12)16/h2-8H,9-10H2,1H3,(H,17,19). The summed E-state index contributed by atoms with van der Waals surface area (Å²) in [6.07, 6.45) is 0.706. The molecule has 4 heteroatoms. The maximum atomic E-state index is 11.9. The summed E-state index contributed by atoms with van der Waals surface area (Å²) in [4.78, 5) is 16.0. The molecule has 98 valence electrons. The minimum Gasteiger partial charge on any atom is -0.350 e. The van der Waals surface area contributed by atoms with E-state index in [1.54, 1.807) is 6.07 Å². The lowest BCUT2D eigenvalue weighted by Gasteiger charge is -2.06. The van der Waals surface area contributed by atoms with Gasteiger partial charge < -0.3 is 5.32 Å². The van der Waals surface area contributed by atoms with E-state index in [0.29, 0.717) is 18.7 Å². The highest BCUT2D eigenvalue weighted by Crippen LogP contribution is 2.14. The van der Waals surface area contributed by atoms with Crippen molar-refractivity contribution in [3.8, 4) is 0 Å². The zero-order valence-corrected chi connectivity index (χ0v) is 11.4. The van der Waals surface area contributed by atoms with Crippen LogP contribution in [0.25, 0.3) is 0 Å². The van der Waals surface area contributed by atoms with E-state index in [2.05, 4.69) is 10.3 Å². The molecule has 3 nitrogen and oxygen atoms in total. The molecule has 0 unspecified atom stereocenters. The normalized spacial score (nSPS) is 10.2. The van der Waals surface area contributed by atoms with E-state index in [9.17, 15) is 4.79 Å². The fourth-order valence-corrected chi connectivity index (χ4v) is 2.00. The zero-order valence-electron chi connectivity index (χ0n) is 10.7. The summed E-state index contributed by atoms with van der Waals surface area (Å²) < 4.78 is 0. The topological polar surface area (TPSA) is 42.0 Å². The predicted molar refractivity (Wildman–Crippen MR) is 76.5 cm³/mol. The first-order valence-corrected chi connectivity index (χ1v) is 6.50. The van der Waals surface area contributed by atoms with Gasteiger partial charge in [-0.2, -0.15) is 0 Å². The second-order valence-corrected chi connectivity index (χ2v) is 4.67. The summed E-state index contributed by atoms with van der Waals surface area (Å²) in [6.45, 7) is 2.40. The molecular weight excluding hydrogens is 260 g/mol. The maximum Gasteiger partial charge on any atom is 0.269 e. The van der Waals surface area contributed by atoms with Crippen LogP contribution in [0, 0.1) is 6.92 Å². The highest BCUT2D eigenvalue weighted by molar-refractivity contribution is 6.31. The van der Waals surface area contributed by atoms with Crippen molar-refractivity contribution < 1.29 is 4.79 Å². The third kappa shape index (κ3) is 3.80. The third-order valence-electron chi connectivity index (χ3n) is 2.76. The van der Waals surface area contributed by atoms with Crippen molar-refractivity contribution in [1.82, 2.24) is 10.3 Å². The Morgan fingerprint density at radius 3 is 2.74 bits per heavy atom. The smallest absolute Gasteiger partial charge is 0.269 e. The number of carbonyl (C=O) groups is 1. The minimum absolute atomic E-state index is 0.157. The average molecular weight is 275 g/mol.